The third-order valence-electron chi connectivity index (χ3n) is 4.64. The SMILES string of the molecule is CS(=O)CCCN1CCCNC(C2CCCCC2)C1. The molecule has 2 unspecified atom stereocenters. The quantitative estimate of drug-likeness (QED) is 0.839. The van der Waals surface area contributed by atoms with E-state index in [1.807, 2.05) is 6.26 Å². The largest absolute Gasteiger partial charge is 0.312 e. The van der Waals surface area contributed by atoms with Gasteiger partial charge in [-0.3, -0.25) is 4.21 Å². The molecule has 0 radical (unpaired) electrons. The van der Waals surface area contributed by atoms with Gasteiger partial charge in [-0.05, 0) is 51.2 Å². The van der Waals surface area contributed by atoms with Crippen molar-refractivity contribution in [3.63, 3.8) is 0 Å². The summed E-state index contributed by atoms with van der Waals surface area (Å²) in [6.45, 7) is 4.73. The molecule has 3 nitrogen and oxygen atoms in total. The van der Waals surface area contributed by atoms with Gasteiger partial charge in [-0.25, -0.2) is 0 Å². The topological polar surface area (TPSA) is 32.3 Å². The lowest BCUT2D eigenvalue weighted by molar-refractivity contribution is 0.206. The highest BCUT2D eigenvalue weighted by Gasteiger charge is 2.26. The Hall–Kier alpha value is 0.0700. The van der Waals surface area contributed by atoms with Gasteiger partial charge in [-0.1, -0.05) is 19.3 Å². The summed E-state index contributed by atoms with van der Waals surface area (Å²) in [5.41, 5.74) is 0. The van der Waals surface area contributed by atoms with Crippen LogP contribution in [-0.2, 0) is 10.8 Å². The van der Waals surface area contributed by atoms with Crippen molar-refractivity contribution in [1.82, 2.24) is 10.2 Å². The van der Waals surface area contributed by atoms with E-state index in [0.29, 0.717) is 6.04 Å². The first-order valence-electron chi connectivity index (χ1n) is 8.01. The summed E-state index contributed by atoms with van der Waals surface area (Å²) in [6, 6.07) is 0.704. The summed E-state index contributed by atoms with van der Waals surface area (Å²) in [7, 11) is -0.630. The predicted octanol–water partition coefficient (Wildman–Crippen LogP) is 2.00. The fourth-order valence-electron chi connectivity index (χ4n) is 3.57. The van der Waals surface area contributed by atoms with Gasteiger partial charge in [0, 0.05) is 35.4 Å². The molecule has 1 aliphatic carbocycles. The molecule has 2 atom stereocenters. The van der Waals surface area contributed by atoms with E-state index in [1.165, 1.54) is 58.2 Å². The van der Waals surface area contributed by atoms with Gasteiger partial charge in [0.2, 0.25) is 0 Å². The van der Waals surface area contributed by atoms with Crippen LogP contribution in [0.3, 0.4) is 0 Å². The van der Waals surface area contributed by atoms with Gasteiger partial charge < -0.3 is 10.2 Å². The zero-order chi connectivity index (χ0) is 13.5. The fraction of sp³-hybridized carbons (Fsp3) is 1.00. The Morgan fingerprint density at radius 3 is 2.74 bits per heavy atom. The maximum Gasteiger partial charge on any atom is 0.0244 e. The van der Waals surface area contributed by atoms with Crippen LogP contribution >= 0.6 is 0 Å². The normalized spacial score (nSPS) is 29.0. The molecule has 0 aromatic rings. The molecule has 1 saturated carbocycles. The molecule has 0 aromatic heterocycles. The van der Waals surface area contributed by atoms with Crippen molar-refractivity contribution in [3.8, 4) is 0 Å². The van der Waals surface area contributed by atoms with E-state index >= 15 is 0 Å². The molecule has 1 saturated heterocycles. The minimum atomic E-state index is -0.630. The molecule has 2 rings (SSSR count). The van der Waals surface area contributed by atoms with E-state index in [-0.39, 0.29) is 0 Å². The van der Waals surface area contributed by atoms with Gasteiger partial charge >= 0.3 is 0 Å². The fourth-order valence-corrected chi connectivity index (χ4v) is 4.11. The lowest BCUT2D eigenvalue weighted by Gasteiger charge is -2.32. The van der Waals surface area contributed by atoms with Crippen LogP contribution in [0.4, 0.5) is 0 Å². The first-order valence-corrected chi connectivity index (χ1v) is 9.74. The second-order valence-electron chi connectivity index (χ2n) is 6.24. The molecule has 1 heterocycles. The third-order valence-corrected chi connectivity index (χ3v) is 5.50. The molecule has 0 bridgehead atoms. The van der Waals surface area contributed by atoms with Crippen molar-refractivity contribution < 1.29 is 4.21 Å². The van der Waals surface area contributed by atoms with Gasteiger partial charge in [0.1, 0.15) is 0 Å². The summed E-state index contributed by atoms with van der Waals surface area (Å²) in [4.78, 5) is 2.60. The van der Waals surface area contributed by atoms with Gasteiger partial charge in [0.25, 0.3) is 0 Å². The Bertz CT molecular complexity index is 279. The van der Waals surface area contributed by atoms with Crippen LogP contribution in [0.25, 0.3) is 0 Å². The van der Waals surface area contributed by atoms with E-state index in [0.717, 1.165) is 24.6 Å². The van der Waals surface area contributed by atoms with Crippen molar-refractivity contribution in [2.45, 2.75) is 51.0 Å². The zero-order valence-electron chi connectivity index (χ0n) is 12.4. The maximum atomic E-state index is 11.1. The monoisotopic (exact) mass is 286 g/mol. The van der Waals surface area contributed by atoms with E-state index < -0.39 is 10.8 Å². The molecule has 0 aromatic carbocycles. The van der Waals surface area contributed by atoms with E-state index in [2.05, 4.69) is 10.2 Å². The standard InChI is InChI=1S/C15H30N2OS/c1-19(18)12-6-11-17-10-5-9-16-15(13-17)14-7-3-2-4-8-14/h14-16H,2-13H2,1H3. The minimum Gasteiger partial charge on any atom is -0.312 e. The maximum absolute atomic E-state index is 11.1. The second-order valence-corrected chi connectivity index (χ2v) is 7.80. The second kappa shape index (κ2) is 8.38. The van der Waals surface area contributed by atoms with Crippen LogP contribution in [0.1, 0.15) is 44.9 Å². The smallest absolute Gasteiger partial charge is 0.0244 e. The van der Waals surface area contributed by atoms with Crippen LogP contribution in [0.5, 0.6) is 0 Å². The minimum absolute atomic E-state index is 0.630. The van der Waals surface area contributed by atoms with Crippen LogP contribution in [0.2, 0.25) is 0 Å². The molecule has 1 N–H and O–H groups in total. The number of rotatable bonds is 5. The molecule has 2 aliphatic rings. The Morgan fingerprint density at radius 2 is 2.00 bits per heavy atom. The highest BCUT2D eigenvalue weighted by atomic mass is 32.2. The molecular weight excluding hydrogens is 256 g/mol. The molecule has 2 fully saturated rings. The van der Waals surface area contributed by atoms with Crippen molar-refractivity contribution in [2.75, 3.05) is 38.2 Å². The van der Waals surface area contributed by atoms with Crippen LogP contribution in [0.15, 0.2) is 0 Å². The lowest BCUT2D eigenvalue weighted by Crippen LogP contribution is -2.44. The first-order chi connectivity index (χ1) is 9.25. The summed E-state index contributed by atoms with van der Waals surface area (Å²) in [6.07, 6.45) is 11.3. The average Bonchev–Trinajstić information content (AvgIpc) is 2.65. The summed E-state index contributed by atoms with van der Waals surface area (Å²) in [5, 5.41) is 3.78. The zero-order valence-corrected chi connectivity index (χ0v) is 13.2. The number of nitrogens with zero attached hydrogens (tertiary/aromatic N) is 1. The summed E-state index contributed by atoms with van der Waals surface area (Å²) in [5.74, 6) is 1.76. The van der Waals surface area contributed by atoms with Crippen molar-refractivity contribution in [3.05, 3.63) is 0 Å². The lowest BCUT2D eigenvalue weighted by atomic mass is 9.83. The highest BCUT2D eigenvalue weighted by Crippen LogP contribution is 2.27. The molecule has 1 aliphatic heterocycles. The first kappa shape index (κ1) is 15.5. The Balaban J connectivity index is 1.78. The van der Waals surface area contributed by atoms with E-state index in [9.17, 15) is 4.21 Å². The number of nitrogens with one attached hydrogen (secondary N) is 1. The van der Waals surface area contributed by atoms with Crippen molar-refractivity contribution >= 4 is 10.8 Å². The van der Waals surface area contributed by atoms with Gasteiger partial charge in [0.05, 0.1) is 0 Å². The van der Waals surface area contributed by atoms with E-state index in [4.69, 9.17) is 0 Å². The Labute approximate surface area is 121 Å². The average molecular weight is 286 g/mol. The molecule has 4 heteroatoms. The molecule has 112 valence electrons. The molecule has 0 spiro atoms. The number of hydrogen-bond donors (Lipinski definition) is 1. The van der Waals surface area contributed by atoms with Gasteiger partial charge in [0.15, 0.2) is 0 Å². The van der Waals surface area contributed by atoms with Gasteiger partial charge in [-0.2, -0.15) is 0 Å². The van der Waals surface area contributed by atoms with Crippen LogP contribution in [-0.4, -0.2) is 53.3 Å². The van der Waals surface area contributed by atoms with Crippen molar-refractivity contribution in [1.29, 1.82) is 0 Å². The van der Waals surface area contributed by atoms with Crippen LogP contribution < -0.4 is 5.32 Å². The highest BCUT2D eigenvalue weighted by molar-refractivity contribution is 7.84. The predicted molar refractivity (Wildman–Crippen MR) is 83.0 cm³/mol. The van der Waals surface area contributed by atoms with E-state index in [1.54, 1.807) is 0 Å². The van der Waals surface area contributed by atoms with Crippen LogP contribution in [0, 0.1) is 5.92 Å². The molecular formula is C15H30N2OS. The Kier molecular flexibility index (Phi) is 6.82. The Morgan fingerprint density at radius 1 is 1.21 bits per heavy atom. The van der Waals surface area contributed by atoms with Crippen molar-refractivity contribution in [2.24, 2.45) is 5.92 Å². The molecule has 0 amide bonds. The summed E-state index contributed by atoms with van der Waals surface area (Å²) >= 11 is 0. The van der Waals surface area contributed by atoms with Gasteiger partial charge in [-0.15, -0.1) is 0 Å². The summed E-state index contributed by atoms with van der Waals surface area (Å²) < 4.78 is 11.1. The molecule has 19 heavy (non-hydrogen) atoms. The third kappa shape index (κ3) is 5.52. The number of hydrogen-bond acceptors (Lipinski definition) is 3.